The first kappa shape index (κ1) is 26.7. The molecule has 0 aliphatic carbocycles. The summed E-state index contributed by atoms with van der Waals surface area (Å²) in [4.78, 5) is 27.3. The van der Waals surface area contributed by atoms with Crippen LogP contribution in [0.25, 0.3) is 0 Å². The van der Waals surface area contributed by atoms with Crippen LogP contribution in [0, 0.1) is 0 Å². The molecular weight excluding hydrogens is 440 g/mol. The van der Waals surface area contributed by atoms with Gasteiger partial charge in [-0.2, -0.15) is 0 Å². The lowest BCUT2D eigenvalue weighted by Gasteiger charge is -2.42. The summed E-state index contributed by atoms with van der Waals surface area (Å²) in [6.07, 6.45) is 1.52. The topological polar surface area (TPSA) is 67.9 Å². The van der Waals surface area contributed by atoms with Crippen molar-refractivity contribution >= 4 is 11.9 Å². The Balaban J connectivity index is 1.89. The van der Waals surface area contributed by atoms with Crippen molar-refractivity contribution < 1.29 is 19.1 Å². The molecule has 2 aromatic rings. The Labute approximate surface area is 210 Å². The zero-order chi connectivity index (χ0) is 25.8. The van der Waals surface area contributed by atoms with Crippen molar-refractivity contribution in [3.8, 4) is 5.75 Å². The van der Waals surface area contributed by atoms with E-state index in [-0.39, 0.29) is 24.0 Å². The number of methoxy groups -OCH3 is 1. The van der Waals surface area contributed by atoms with Crippen LogP contribution in [0.2, 0.25) is 0 Å². The summed E-state index contributed by atoms with van der Waals surface area (Å²) in [5.41, 5.74) is 1.89. The number of hydrogen-bond donors (Lipinski definition) is 1. The zero-order valence-corrected chi connectivity index (χ0v) is 22.2. The molecule has 1 heterocycles. The van der Waals surface area contributed by atoms with Gasteiger partial charge in [-0.05, 0) is 77.6 Å². The van der Waals surface area contributed by atoms with E-state index in [9.17, 15) is 9.59 Å². The highest BCUT2D eigenvalue weighted by Crippen LogP contribution is 2.34. The van der Waals surface area contributed by atoms with Gasteiger partial charge in [0.25, 0.3) is 0 Å². The number of amides is 1. The molecule has 1 fully saturated rings. The first-order valence-electron chi connectivity index (χ1n) is 12.4. The molecule has 35 heavy (non-hydrogen) atoms. The molecule has 1 aliphatic rings. The molecule has 1 amide bonds. The Morgan fingerprint density at radius 1 is 1.06 bits per heavy atom. The maximum Gasteiger partial charge on any atom is 0.410 e. The highest BCUT2D eigenvalue weighted by atomic mass is 16.6. The smallest absolute Gasteiger partial charge is 0.410 e. The number of hydrogen-bond acceptors (Lipinski definition) is 5. The Kier molecular flexibility index (Phi) is 8.26. The average molecular weight is 481 g/mol. The summed E-state index contributed by atoms with van der Waals surface area (Å²) < 4.78 is 11.4. The normalized spacial score (nSPS) is 18.8. The summed E-state index contributed by atoms with van der Waals surface area (Å²) in [7, 11) is 1.66. The molecule has 0 radical (unpaired) electrons. The Bertz CT molecular complexity index is 1030. The van der Waals surface area contributed by atoms with Crippen molar-refractivity contribution in [3.63, 3.8) is 0 Å². The van der Waals surface area contributed by atoms with Gasteiger partial charge in [0.05, 0.1) is 13.2 Å². The van der Waals surface area contributed by atoms with Crippen LogP contribution in [-0.4, -0.2) is 42.1 Å². The third-order valence-corrected chi connectivity index (χ3v) is 6.84. The SMILES string of the molecule is COc1ccc(C(C)(C)C(C)=O)cc1CN[C@H]1CCCN(C(=O)OC(C)(C)C)[C@H]1c1ccccc1. The molecule has 0 spiro atoms. The molecular formula is C29H40N2O4. The van der Waals surface area contributed by atoms with Crippen LogP contribution in [0.4, 0.5) is 4.79 Å². The molecule has 190 valence electrons. The van der Waals surface area contributed by atoms with Gasteiger partial charge in [-0.25, -0.2) is 4.79 Å². The Morgan fingerprint density at radius 3 is 2.34 bits per heavy atom. The van der Waals surface area contributed by atoms with Crippen molar-refractivity contribution in [2.75, 3.05) is 13.7 Å². The highest BCUT2D eigenvalue weighted by molar-refractivity contribution is 5.87. The van der Waals surface area contributed by atoms with E-state index >= 15 is 0 Å². The first-order valence-corrected chi connectivity index (χ1v) is 12.4. The molecule has 2 atom stereocenters. The number of rotatable bonds is 7. The van der Waals surface area contributed by atoms with Crippen molar-refractivity contribution in [3.05, 3.63) is 65.2 Å². The molecule has 0 unspecified atom stereocenters. The van der Waals surface area contributed by atoms with E-state index < -0.39 is 11.0 Å². The monoisotopic (exact) mass is 480 g/mol. The number of benzene rings is 2. The predicted octanol–water partition coefficient (Wildman–Crippen LogP) is 5.79. The molecule has 1 N–H and O–H groups in total. The van der Waals surface area contributed by atoms with E-state index in [2.05, 4.69) is 23.5 Å². The van der Waals surface area contributed by atoms with Gasteiger partial charge in [0.15, 0.2) is 0 Å². The van der Waals surface area contributed by atoms with Crippen LogP contribution >= 0.6 is 0 Å². The molecule has 1 aliphatic heterocycles. The molecule has 6 heteroatoms. The number of carbonyl (C=O) groups excluding carboxylic acids is 2. The molecule has 1 saturated heterocycles. The molecule has 0 aromatic heterocycles. The number of Topliss-reactive ketones (excluding diaryl/α,β-unsaturated/α-hetero) is 1. The maximum atomic E-state index is 13.2. The van der Waals surface area contributed by atoms with E-state index in [4.69, 9.17) is 9.47 Å². The number of ether oxygens (including phenoxy) is 2. The van der Waals surface area contributed by atoms with Crippen molar-refractivity contribution in [2.24, 2.45) is 0 Å². The van der Waals surface area contributed by atoms with Crippen LogP contribution in [0.1, 0.15) is 77.1 Å². The van der Waals surface area contributed by atoms with Gasteiger partial charge in [0.2, 0.25) is 0 Å². The van der Waals surface area contributed by atoms with Crippen LogP contribution in [0.5, 0.6) is 5.75 Å². The van der Waals surface area contributed by atoms with E-state index in [0.717, 1.165) is 35.3 Å². The molecule has 3 rings (SSSR count). The van der Waals surface area contributed by atoms with Gasteiger partial charge in [-0.1, -0.05) is 36.4 Å². The number of piperidine rings is 1. The average Bonchev–Trinajstić information content (AvgIpc) is 2.81. The van der Waals surface area contributed by atoms with Gasteiger partial charge >= 0.3 is 6.09 Å². The summed E-state index contributed by atoms with van der Waals surface area (Å²) in [5.74, 6) is 0.891. The van der Waals surface area contributed by atoms with E-state index in [1.54, 1.807) is 14.0 Å². The fourth-order valence-electron chi connectivity index (χ4n) is 4.55. The van der Waals surface area contributed by atoms with Gasteiger partial charge in [-0.3, -0.25) is 9.69 Å². The number of ketones is 1. The summed E-state index contributed by atoms with van der Waals surface area (Å²) in [6, 6.07) is 16.0. The van der Waals surface area contributed by atoms with E-state index in [1.807, 2.05) is 69.9 Å². The Morgan fingerprint density at radius 2 is 1.74 bits per heavy atom. The minimum absolute atomic E-state index is 0.0350. The summed E-state index contributed by atoms with van der Waals surface area (Å²) in [6.45, 7) is 12.4. The Hall–Kier alpha value is -2.86. The fourth-order valence-corrected chi connectivity index (χ4v) is 4.55. The minimum Gasteiger partial charge on any atom is -0.496 e. The third kappa shape index (κ3) is 6.43. The lowest BCUT2D eigenvalue weighted by atomic mass is 9.80. The minimum atomic E-state index is -0.577. The lowest BCUT2D eigenvalue weighted by Crippen LogP contribution is -2.51. The standard InChI is InChI=1S/C29H40N2O4/c1-20(32)29(5,6)23-15-16-25(34-7)22(18-23)19-30-24-14-11-17-31(27(33)35-28(2,3)4)26(24)21-12-9-8-10-13-21/h8-10,12-13,15-16,18,24,26,30H,11,14,17,19H2,1-7H3/t24-,26-/m0/s1. The zero-order valence-electron chi connectivity index (χ0n) is 22.2. The quantitative estimate of drug-likeness (QED) is 0.543. The second-order valence-electron chi connectivity index (χ2n) is 10.9. The molecule has 6 nitrogen and oxygen atoms in total. The van der Waals surface area contributed by atoms with Crippen LogP contribution in [0.15, 0.2) is 48.5 Å². The van der Waals surface area contributed by atoms with Crippen LogP contribution in [-0.2, 0) is 21.5 Å². The largest absolute Gasteiger partial charge is 0.496 e. The first-order chi connectivity index (χ1) is 16.4. The van der Waals surface area contributed by atoms with Crippen LogP contribution < -0.4 is 10.1 Å². The van der Waals surface area contributed by atoms with Crippen LogP contribution in [0.3, 0.4) is 0 Å². The summed E-state index contributed by atoms with van der Waals surface area (Å²) in [5, 5.41) is 3.70. The van der Waals surface area contributed by atoms with E-state index in [1.165, 1.54) is 0 Å². The maximum absolute atomic E-state index is 13.2. The number of carbonyl (C=O) groups is 2. The predicted molar refractivity (Wildman–Crippen MR) is 139 cm³/mol. The number of likely N-dealkylation sites (tertiary alicyclic amines) is 1. The summed E-state index contributed by atoms with van der Waals surface area (Å²) >= 11 is 0. The highest BCUT2D eigenvalue weighted by Gasteiger charge is 2.37. The van der Waals surface area contributed by atoms with E-state index in [0.29, 0.717) is 13.1 Å². The van der Waals surface area contributed by atoms with Crippen molar-refractivity contribution in [1.29, 1.82) is 0 Å². The van der Waals surface area contributed by atoms with Crippen molar-refractivity contribution in [2.45, 2.75) is 84.0 Å². The van der Waals surface area contributed by atoms with Crippen molar-refractivity contribution in [1.82, 2.24) is 10.2 Å². The molecule has 2 aromatic carbocycles. The molecule has 0 bridgehead atoms. The van der Waals surface area contributed by atoms with Gasteiger partial charge < -0.3 is 14.8 Å². The van der Waals surface area contributed by atoms with Gasteiger partial charge in [0.1, 0.15) is 17.1 Å². The van der Waals surface area contributed by atoms with Gasteiger partial charge in [-0.15, -0.1) is 0 Å². The number of nitrogens with one attached hydrogen (secondary N) is 1. The second kappa shape index (κ2) is 10.8. The molecule has 0 saturated carbocycles. The third-order valence-electron chi connectivity index (χ3n) is 6.84. The second-order valence-corrected chi connectivity index (χ2v) is 10.9. The van der Waals surface area contributed by atoms with Gasteiger partial charge in [0, 0.05) is 30.1 Å². The fraction of sp³-hybridized carbons (Fsp3) is 0.517. The number of nitrogens with zero attached hydrogens (tertiary/aromatic N) is 1. The lowest BCUT2D eigenvalue weighted by molar-refractivity contribution is -0.121.